The van der Waals surface area contributed by atoms with Gasteiger partial charge < -0.3 is 28.4 Å². The van der Waals surface area contributed by atoms with E-state index < -0.39 is 53.7 Å². The molecule has 4 unspecified atom stereocenters. The number of nitrogens with zero attached hydrogens (tertiary/aromatic N) is 1. The zero-order valence-corrected chi connectivity index (χ0v) is 23.8. The first kappa shape index (κ1) is 32.1. The minimum absolute atomic E-state index is 0.0838. The molecule has 36 heavy (non-hydrogen) atoms. The van der Waals surface area contributed by atoms with Gasteiger partial charge in [0.25, 0.3) is 0 Å². The number of ether oxygens (including phenoxy) is 6. The third-order valence-corrected chi connectivity index (χ3v) is 4.90. The Kier molecular flexibility index (Phi) is 12.6. The normalized spacial score (nSPS) is 23.8. The van der Waals surface area contributed by atoms with Crippen LogP contribution in [-0.2, 0) is 33.2 Å². The Balaban J connectivity index is 3.29. The summed E-state index contributed by atoms with van der Waals surface area (Å²) < 4.78 is 34.5. The van der Waals surface area contributed by atoms with Crippen molar-refractivity contribution in [2.24, 2.45) is 5.92 Å². The van der Waals surface area contributed by atoms with Crippen molar-refractivity contribution < 1.29 is 42.8 Å². The molecule has 10 heteroatoms. The zero-order chi connectivity index (χ0) is 27.7. The summed E-state index contributed by atoms with van der Waals surface area (Å²) in [6, 6.07) is -1.42. The van der Waals surface area contributed by atoms with Crippen LogP contribution in [0.2, 0.25) is 0 Å². The molecule has 0 aromatic heterocycles. The Morgan fingerprint density at radius 1 is 1.00 bits per heavy atom. The smallest absolute Gasteiger partial charge is 0.420 e. The van der Waals surface area contributed by atoms with E-state index in [4.69, 9.17) is 28.4 Å². The molecule has 0 aliphatic carbocycles. The molecule has 1 aliphatic rings. The van der Waals surface area contributed by atoms with Gasteiger partial charge in [-0.3, -0.25) is 0 Å². The lowest BCUT2D eigenvalue weighted by molar-refractivity contribution is -0.171. The van der Waals surface area contributed by atoms with Crippen LogP contribution in [0.5, 0.6) is 0 Å². The molecule has 4 atom stereocenters. The van der Waals surface area contributed by atoms with E-state index in [1.807, 2.05) is 13.8 Å². The van der Waals surface area contributed by atoms with Crippen LogP contribution in [-0.4, -0.2) is 85.0 Å². The highest BCUT2D eigenvalue weighted by atomic mass is 16.6. The number of rotatable bonds is 8. The number of esters is 1. The number of carbonyl (C=O) groups excluding carboxylic acids is 3. The Morgan fingerprint density at radius 2 is 1.56 bits per heavy atom. The van der Waals surface area contributed by atoms with Gasteiger partial charge in [-0.25, -0.2) is 14.4 Å². The molecule has 1 heterocycles. The Hall–Kier alpha value is -1.91. The van der Waals surface area contributed by atoms with E-state index in [0.717, 1.165) is 12.8 Å². The van der Waals surface area contributed by atoms with Gasteiger partial charge in [-0.1, -0.05) is 27.2 Å². The molecule has 1 saturated heterocycles. The van der Waals surface area contributed by atoms with Crippen molar-refractivity contribution in [3.05, 3.63) is 0 Å². The summed E-state index contributed by atoms with van der Waals surface area (Å²) in [5.74, 6) is -0.577. The van der Waals surface area contributed by atoms with E-state index in [2.05, 4.69) is 6.92 Å². The summed E-state index contributed by atoms with van der Waals surface area (Å²) in [5.41, 5.74) is -1.83. The number of carbonyl (C=O) groups is 3. The van der Waals surface area contributed by atoms with Crippen LogP contribution >= 0.6 is 0 Å². The van der Waals surface area contributed by atoms with Crippen molar-refractivity contribution >= 4 is 18.2 Å². The molecular weight excluding hydrogens is 470 g/mol. The first-order valence-electron chi connectivity index (χ1n) is 12.8. The van der Waals surface area contributed by atoms with Crippen LogP contribution in [0.3, 0.4) is 0 Å². The molecule has 0 radical (unpaired) electrons. The molecule has 1 aliphatic heterocycles. The number of imide groups is 1. The van der Waals surface area contributed by atoms with Crippen molar-refractivity contribution in [2.75, 3.05) is 26.4 Å². The van der Waals surface area contributed by atoms with Crippen LogP contribution in [0.25, 0.3) is 0 Å². The molecule has 0 saturated carbocycles. The molecule has 0 spiro atoms. The Labute approximate surface area is 216 Å². The lowest BCUT2D eigenvalue weighted by atomic mass is 10.1. The second-order valence-electron chi connectivity index (χ2n) is 11.5. The quantitative estimate of drug-likeness (QED) is 0.257. The molecule has 0 bridgehead atoms. The first-order valence-corrected chi connectivity index (χ1v) is 12.8. The summed E-state index contributed by atoms with van der Waals surface area (Å²) in [6.45, 7) is 18.5. The van der Waals surface area contributed by atoms with E-state index >= 15 is 0 Å². The average Bonchev–Trinajstić information content (AvgIpc) is 2.74. The molecule has 0 N–H and O–H groups in total. The molecule has 1 rings (SSSR count). The number of hydrogen-bond donors (Lipinski definition) is 0. The number of amides is 2. The summed E-state index contributed by atoms with van der Waals surface area (Å²) in [7, 11) is 0. The van der Waals surface area contributed by atoms with Crippen LogP contribution < -0.4 is 0 Å². The fraction of sp³-hybridized carbons (Fsp3) is 0.885. The minimum atomic E-state index is -1.42. The van der Waals surface area contributed by atoms with Crippen molar-refractivity contribution in [1.29, 1.82) is 0 Å². The zero-order valence-electron chi connectivity index (χ0n) is 23.8. The van der Waals surface area contributed by atoms with Gasteiger partial charge in [-0.2, -0.15) is 4.90 Å². The van der Waals surface area contributed by atoms with Gasteiger partial charge in [0.05, 0.1) is 13.2 Å². The van der Waals surface area contributed by atoms with E-state index in [1.54, 1.807) is 48.5 Å². The molecule has 10 nitrogen and oxygen atoms in total. The molecule has 0 aromatic rings. The predicted molar refractivity (Wildman–Crippen MR) is 134 cm³/mol. The minimum Gasteiger partial charge on any atom is -0.458 e. The maximum atomic E-state index is 13.3. The maximum absolute atomic E-state index is 13.3. The van der Waals surface area contributed by atoms with Gasteiger partial charge >= 0.3 is 18.2 Å². The second kappa shape index (κ2) is 14.1. The summed E-state index contributed by atoms with van der Waals surface area (Å²) in [5, 5.41) is 0. The average molecular weight is 518 g/mol. The standard InChI is InChI=1S/C26H47NO9/c1-11-12-13-32-20-16-31-15-19(22(28)34-18(4)21(20)33-14-17(2)3)27(23(29)35-25(5,6)7)24(30)36-26(8,9)10/h17-21H,11-16H2,1-10H3. The lowest BCUT2D eigenvalue weighted by Crippen LogP contribution is -2.54. The summed E-state index contributed by atoms with van der Waals surface area (Å²) >= 11 is 0. The molecule has 210 valence electrons. The monoisotopic (exact) mass is 517 g/mol. The lowest BCUT2D eigenvalue weighted by Gasteiger charge is -2.33. The van der Waals surface area contributed by atoms with E-state index in [9.17, 15) is 14.4 Å². The molecule has 0 aromatic carbocycles. The SMILES string of the molecule is CCCCOC1COCC(N(C(=O)OC(C)(C)C)C(=O)OC(C)(C)C)C(=O)OC(C)C1OCC(C)C. The van der Waals surface area contributed by atoms with E-state index in [1.165, 1.54) is 0 Å². The van der Waals surface area contributed by atoms with Crippen molar-refractivity contribution in [2.45, 2.75) is 118 Å². The first-order chi connectivity index (χ1) is 16.6. The fourth-order valence-electron chi connectivity index (χ4n) is 3.29. The number of unbranched alkanes of at least 4 members (excludes halogenated alkanes) is 1. The third-order valence-electron chi connectivity index (χ3n) is 4.90. The topological polar surface area (TPSA) is 110 Å². The van der Waals surface area contributed by atoms with Crippen molar-refractivity contribution in [3.8, 4) is 0 Å². The van der Waals surface area contributed by atoms with Gasteiger partial charge in [-0.05, 0) is 60.8 Å². The Bertz CT molecular complexity index is 683. The highest BCUT2D eigenvalue weighted by Gasteiger charge is 2.44. The van der Waals surface area contributed by atoms with Gasteiger partial charge in [0.1, 0.15) is 29.5 Å². The number of cyclic esters (lactones) is 1. The summed E-state index contributed by atoms with van der Waals surface area (Å²) in [4.78, 5) is 40.1. The van der Waals surface area contributed by atoms with Crippen LogP contribution in [0.1, 0.15) is 82.1 Å². The highest BCUT2D eigenvalue weighted by molar-refractivity contribution is 5.94. The van der Waals surface area contributed by atoms with Crippen LogP contribution in [0.15, 0.2) is 0 Å². The van der Waals surface area contributed by atoms with Crippen molar-refractivity contribution in [1.82, 2.24) is 4.90 Å². The van der Waals surface area contributed by atoms with Crippen LogP contribution in [0, 0.1) is 5.92 Å². The van der Waals surface area contributed by atoms with Gasteiger partial charge in [0.2, 0.25) is 0 Å². The highest BCUT2D eigenvalue weighted by Crippen LogP contribution is 2.22. The van der Waals surface area contributed by atoms with Gasteiger partial charge in [0.15, 0.2) is 6.04 Å². The molecule has 1 fully saturated rings. The van der Waals surface area contributed by atoms with E-state index in [0.29, 0.717) is 18.1 Å². The molecular formula is C26H47NO9. The largest absolute Gasteiger partial charge is 0.458 e. The van der Waals surface area contributed by atoms with Crippen molar-refractivity contribution in [3.63, 3.8) is 0 Å². The third kappa shape index (κ3) is 11.4. The Morgan fingerprint density at radius 3 is 2.03 bits per heavy atom. The van der Waals surface area contributed by atoms with Gasteiger partial charge in [-0.15, -0.1) is 0 Å². The summed E-state index contributed by atoms with van der Waals surface area (Å²) in [6.07, 6.45) is -2.08. The fourth-order valence-corrected chi connectivity index (χ4v) is 3.29. The van der Waals surface area contributed by atoms with Gasteiger partial charge in [0, 0.05) is 13.2 Å². The second-order valence-corrected chi connectivity index (χ2v) is 11.5. The van der Waals surface area contributed by atoms with E-state index in [-0.39, 0.29) is 19.1 Å². The van der Waals surface area contributed by atoms with Crippen LogP contribution in [0.4, 0.5) is 9.59 Å². The number of hydrogen-bond acceptors (Lipinski definition) is 9. The molecule has 2 amide bonds. The maximum Gasteiger partial charge on any atom is 0.420 e. The predicted octanol–water partition coefficient (Wildman–Crippen LogP) is 4.72.